The Morgan fingerprint density at radius 2 is 1.61 bits per heavy atom. The van der Waals surface area contributed by atoms with Gasteiger partial charge in [0.2, 0.25) is 5.76 Å². The van der Waals surface area contributed by atoms with Crippen LogP contribution < -0.4 is 4.74 Å². The highest BCUT2D eigenvalue weighted by atomic mass is 16.5. The molecule has 0 bridgehead atoms. The number of hydrogen-bond acceptors (Lipinski definition) is 4. The second kappa shape index (κ2) is 6.83. The molecule has 3 aromatic rings. The molecule has 0 saturated heterocycles. The van der Waals surface area contributed by atoms with E-state index >= 15 is 0 Å². The van der Waals surface area contributed by atoms with E-state index in [1.165, 1.54) is 7.11 Å². The molecule has 0 amide bonds. The summed E-state index contributed by atoms with van der Waals surface area (Å²) in [4.78, 5) is 11.3. The minimum atomic E-state index is -0.497. The second-order valence-corrected chi connectivity index (χ2v) is 4.94. The number of esters is 1. The normalized spacial score (nSPS) is 10.3. The van der Waals surface area contributed by atoms with Gasteiger partial charge >= 0.3 is 5.97 Å². The Kier molecular flexibility index (Phi) is 4.43. The molecule has 2 aromatic carbocycles. The van der Waals surface area contributed by atoms with Crippen LogP contribution >= 0.6 is 0 Å². The third-order valence-electron chi connectivity index (χ3n) is 3.39. The maximum absolute atomic E-state index is 11.3. The number of benzene rings is 2. The molecule has 0 radical (unpaired) electrons. The summed E-state index contributed by atoms with van der Waals surface area (Å²) in [7, 11) is 1.31. The average molecular weight is 308 g/mol. The van der Waals surface area contributed by atoms with Crippen LogP contribution in [0.1, 0.15) is 16.3 Å². The van der Waals surface area contributed by atoms with Gasteiger partial charge in [-0.1, -0.05) is 42.5 Å². The van der Waals surface area contributed by atoms with E-state index in [0.717, 1.165) is 16.9 Å². The lowest BCUT2D eigenvalue weighted by Crippen LogP contribution is -1.99. The van der Waals surface area contributed by atoms with E-state index in [4.69, 9.17) is 9.15 Å². The van der Waals surface area contributed by atoms with Crippen molar-refractivity contribution in [3.8, 4) is 16.9 Å². The third kappa shape index (κ3) is 3.61. The summed E-state index contributed by atoms with van der Waals surface area (Å²) in [6.45, 7) is 0.252. The van der Waals surface area contributed by atoms with Gasteiger partial charge in [0.15, 0.2) is 0 Å². The Morgan fingerprint density at radius 1 is 0.913 bits per heavy atom. The van der Waals surface area contributed by atoms with Crippen molar-refractivity contribution in [3.05, 3.63) is 78.3 Å². The maximum atomic E-state index is 11.3. The summed E-state index contributed by atoms with van der Waals surface area (Å²) < 4.78 is 15.6. The summed E-state index contributed by atoms with van der Waals surface area (Å²) >= 11 is 0. The summed E-state index contributed by atoms with van der Waals surface area (Å²) in [5, 5.41) is 0. The van der Waals surface area contributed by atoms with Gasteiger partial charge < -0.3 is 13.9 Å². The lowest BCUT2D eigenvalue weighted by molar-refractivity contribution is 0.0561. The van der Waals surface area contributed by atoms with Crippen LogP contribution in [0, 0.1) is 0 Å². The fraction of sp³-hybridized carbons (Fsp3) is 0.105. The van der Waals surface area contributed by atoms with Crippen molar-refractivity contribution in [3.63, 3.8) is 0 Å². The molecule has 0 atom stereocenters. The number of furan rings is 1. The van der Waals surface area contributed by atoms with Crippen LogP contribution in [0.5, 0.6) is 5.75 Å². The van der Waals surface area contributed by atoms with Gasteiger partial charge in [0.05, 0.1) is 7.11 Å². The van der Waals surface area contributed by atoms with Gasteiger partial charge in [-0.2, -0.15) is 0 Å². The van der Waals surface area contributed by atoms with Gasteiger partial charge in [0.25, 0.3) is 0 Å². The highest BCUT2D eigenvalue weighted by molar-refractivity contribution is 5.86. The van der Waals surface area contributed by atoms with Crippen LogP contribution in [0.25, 0.3) is 11.1 Å². The van der Waals surface area contributed by atoms with E-state index in [1.54, 1.807) is 12.1 Å². The lowest BCUT2D eigenvalue weighted by atomic mass is 10.1. The van der Waals surface area contributed by atoms with Crippen molar-refractivity contribution < 1.29 is 18.7 Å². The maximum Gasteiger partial charge on any atom is 0.373 e. The molecular formula is C19H16O4. The number of ether oxygens (including phenoxy) is 2. The first-order valence-corrected chi connectivity index (χ1v) is 7.21. The van der Waals surface area contributed by atoms with Gasteiger partial charge in [-0.05, 0) is 35.4 Å². The monoisotopic (exact) mass is 308 g/mol. The molecule has 4 nitrogen and oxygen atoms in total. The molecule has 0 N–H and O–H groups in total. The number of hydrogen-bond donors (Lipinski definition) is 0. The van der Waals surface area contributed by atoms with Crippen LogP contribution in [0.15, 0.2) is 71.1 Å². The topological polar surface area (TPSA) is 48.7 Å². The van der Waals surface area contributed by atoms with E-state index < -0.39 is 5.97 Å². The molecule has 0 spiro atoms. The molecule has 1 heterocycles. The fourth-order valence-electron chi connectivity index (χ4n) is 2.19. The zero-order chi connectivity index (χ0) is 16.1. The van der Waals surface area contributed by atoms with E-state index in [2.05, 4.69) is 16.9 Å². The smallest absolute Gasteiger partial charge is 0.373 e. The highest BCUT2D eigenvalue weighted by Crippen LogP contribution is 2.22. The third-order valence-corrected chi connectivity index (χ3v) is 3.39. The number of methoxy groups -OCH3 is 1. The fourth-order valence-corrected chi connectivity index (χ4v) is 2.19. The van der Waals surface area contributed by atoms with E-state index in [1.807, 2.05) is 42.5 Å². The molecule has 3 rings (SSSR count). The van der Waals surface area contributed by atoms with E-state index in [9.17, 15) is 4.79 Å². The summed E-state index contributed by atoms with van der Waals surface area (Å²) in [6.07, 6.45) is 0. The molecule has 0 aliphatic heterocycles. The van der Waals surface area contributed by atoms with Gasteiger partial charge in [0.1, 0.15) is 18.1 Å². The Morgan fingerprint density at radius 3 is 2.30 bits per heavy atom. The first kappa shape index (κ1) is 14.9. The molecule has 116 valence electrons. The molecule has 0 unspecified atom stereocenters. The molecule has 1 aromatic heterocycles. The van der Waals surface area contributed by atoms with Crippen molar-refractivity contribution in [2.24, 2.45) is 0 Å². The van der Waals surface area contributed by atoms with Crippen LogP contribution in [-0.2, 0) is 11.3 Å². The number of carbonyl (C=O) groups is 1. The Bertz CT molecular complexity index is 773. The zero-order valence-corrected chi connectivity index (χ0v) is 12.7. The predicted octanol–water partition coefficient (Wildman–Crippen LogP) is 4.31. The second-order valence-electron chi connectivity index (χ2n) is 4.94. The Labute approximate surface area is 134 Å². The zero-order valence-electron chi connectivity index (χ0n) is 12.7. The van der Waals surface area contributed by atoms with Gasteiger partial charge in [-0.3, -0.25) is 0 Å². The highest BCUT2D eigenvalue weighted by Gasteiger charge is 2.11. The Hall–Kier alpha value is -3.01. The molecular weight excluding hydrogens is 292 g/mol. The van der Waals surface area contributed by atoms with Gasteiger partial charge in [0, 0.05) is 0 Å². The SMILES string of the molecule is COC(=O)c1ccc(COc2ccc(-c3ccccc3)cc2)o1. The van der Waals surface area contributed by atoms with Crippen LogP contribution in [0.4, 0.5) is 0 Å². The van der Waals surface area contributed by atoms with Crippen LogP contribution in [0.2, 0.25) is 0 Å². The van der Waals surface area contributed by atoms with Crippen molar-refractivity contribution >= 4 is 5.97 Å². The number of rotatable bonds is 5. The molecule has 0 saturated carbocycles. The molecule has 23 heavy (non-hydrogen) atoms. The summed E-state index contributed by atoms with van der Waals surface area (Å²) in [5.74, 6) is 0.979. The first-order chi connectivity index (χ1) is 11.3. The average Bonchev–Trinajstić information content (AvgIpc) is 3.09. The standard InChI is InChI=1S/C19H16O4/c1-21-19(20)18-12-11-17(23-18)13-22-16-9-7-15(8-10-16)14-5-3-2-4-6-14/h2-12H,13H2,1H3. The van der Waals surface area contributed by atoms with Crippen molar-refractivity contribution in [2.45, 2.75) is 6.61 Å². The largest absolute Gasteiger partial charge is 0.486 e. The molecule has 0 aliphatic carbocycles. The first-order valence-electron chi connectivity index (χ1n) is 7.21. The van der Waals surface area contributed by atoms with E-state index in [-0.39, 0.29) is 12.4 Å². The lowest BCUT2D eigenvalue weighted by Gasteiger charge is -2.06. The molecule has 0 aliphatic rings. The number of carbonyl (C=O) groups excluding carboxylic acids is 1. The van der Waals surface area contributed by atoms with Crippen molar-refractivity contribution in [1.29, 1.82) is 0 Å². The van der Waals surface area contributed by atoms with Gasteiger partial charge in [-0.25, -0.2) is 4.79 Å². The predicted molar refractivity (Wildman–Crippen MR) is 86.3 cm³/mol. The summed E-state index contributed by atoms with van der Waals surface area (Å²) in [6, 6.07) is 21.2. The van der Waals surface area contributed by atoms with Crippen LogP contribution in [0.3, 0.4) is 0 Å². The van der Waals surface area contributed by atoms with Crippen molar-refractivity contribution in [1.82, 2.24) is 0 Å². The quantitative estimate of drug-likeness (QED) is 0.659. The van der Waals surface area contributed by atoms with Gasteiger partial charge in [-0.15, -0.1) is 0 Å². The summed E-state index contributed by atoms with van der Waals surface area (Å²) in [5.41, 5.74) is 2.29. The molecule has 0 fully saturated rings. The van der Waals surface area contributed by atoms with Crippen LogP contribution in [-0.4, -0.2) is 13.1 Å². The minimum Gasteiger partial charge on any atom is -0.486 e. The van der Waals surface area contributed by atoms with Crippen molar-refractivity contribution in [2.75, 3.05) is 7.11 Å². The van der Waals surface area contributed by atoms with E-state index in [0.29, 0.717) is 5.76 Å². The minimum absolute atomic E-state index is 0.172. The molecule has 4 heteroatoms. The Balaban J connectivity index is 1.63.